The summed E-state index contributed by atoms with van der Waals surface area (Å²) in [7, 11) is 1.60. The van der Waals surface area contributed by atoms with Gasteiger partial charge < -0.3 is 29.5 Å². The van der Waals surface area contributed by atoms with Crippen molar-refractivity contribution in [2.45, 2.75) is 88.8 Å². The first-order valence-electron chi connectivity index (χ1n) is 14.6. The lowest BCUT2D eigenvalue weighted by Gasteiger charge is -2.35. The first-order valence-corrected chi connectivity index (χ1v) is 14.6. The number of rotatable bonds is 15. The van der Waals surface area contributed by atoms with Crippen LogP contribution < -0.4 is 4.74 Å². The van der Waals surface area contributed by atoms with Gasteiger partial charge in [0.1, 0.15) is 17.5 Å². The van der Waals surface area contributed by atoms with Crippen LogP contribution in [0.2, 0.25) is 0 Å². The van der Waals surface area contributed by atoms with Crippen LogP contribution in [0.5, 0.6) is 5.75 Å². The maximum Gasteiger partial charge on any atom is 0.331 e. The van der Waals surface area contributed by atoms with Gasteiger partial charge in [-0.3, -0.25) is 0 Å². The van der Waals surface area contributed by atoms with E-state index in [0.717, 1.165) is 17.7 Å². The Kier molecular flexibility index (Phi) is 13.1. The van der Waals surface area contributed by atoms with Gasteiger partial charge in [0.05, 0.1) is 25.9 Å². The molecule has 0 bridgehead atoms. The van der Waals surface area contributed by atoms with Crippen molar-refractivity contribution in [2.75, 3.05) is 13.7 Å². The Hall–Kier alpha value is -2.71. The number of hydrogen-bond donors (Lipinski definition) is 3. The minimum Gasteiger partial charge on any atom is -0.497 e. The Morgan fingerprint density at radius 3 is 2.55 bits per heavy atom. The summed E-state index contributed by atoms with van der Waals surface area (Å²) in [4.78, 5) is 11.9. The number of ether oxygens (including phenoxy) is 3. The maximum atomic E-state index is 11.9. The molecule has 1 fully saturated rings. The molecule has 7 nitrogen and oxygen atoms in total. The van der Waals surface area contributed by atoms with Gasteiger partial charge in [0.15, 0.2) is 0 Å². The fourth-order valence-electron chi connectivity index (χ4n) is 5.29. The number of cyclic esters (lactones) is 1. The van der Waals surface area contributed by atoms with Crippen LogP contribution in [0.25, 0.3) is 0 Å². The van der Waals surface area contributed by atoms with E-state index in [-0.39, 0.29) is 32.0 Å². The molecule has 5 atom stereocenters. The summed E-state index contributed by atoms with van der Waals surface area (Å²) in [6, 6.07) is 7.42. The Morgan fingerprint density at radius 2 is 1.88 bits per heavy atom. The molecule has 7 heteroatoms. The Bertz CT molecular complexity index is 1010. The van der Waals surface area contributed by atoms with E-state index in [1.54, 1.807) is 25.3 Å². The molecule has 0 saturated heterocycles. The molecule has 0 amide bonds. The van der Waals surface area contributed by atoms with Crippen LogP contribution in [0.15, 0.2) is 72.9 Å². The van der Waals surface area contributed by atoms with Crippen molar-refractivity contribution in [2.24, 2.45) is 11.8 Å². The van der Waals surface area contributed by atoms with Crippen molar-refractivity contribution in [1.82, 2.24) is 0 Å². The monoisotopic (exact) mass is 554 g/mol. The number of allylic oxidation sites excluding steroid dienone is 3. The minimum atomic E-state index is -1.61. The van der Waals surface area contributed by atoms with E-state index in [1.807, 2.05) is 49.4 Å². The van der Waals surface area contributed by atoms with Gasteiger partial charge in [0.2, 0.25) is 0 Å². The number of benzene rings is 1. The summed E-state index contributed by atoms with van der Waals surface area (Å²) in [5.74, 6) is 0.865. The second kappa shape index (κ2) is 16.5. The zero-order valence-electron chi connectivity index (χ0n) is 23.9. The smallest absolute Gasteiger partial charge is 0.331 e. The largest absolute Gasteiger partial charge is 0.497 e. The molecule has 1 aromatic rings. The van der Waals surface area contributed by atoms with E-state index in [2.05, 4.69) is 6.08 Å². The lowest BCUT2D eigenvalue weighted by atomic mass is 9.86. The van der Waals surface area contributed by atoms with Gasteiger partial charge in [-0.25, -0.2) is 4.79 Å². The van der Waals surface area contributed by atoms with E-state index >= 15 is 0 Å². The lowest BCUT2D eigenvalue weighted by molar-refractivity contribution is -0.144. The average molecular weight is 555 g/mol. The highest BCUT2D eigenvalue weighted by Gasteiger charge is 2.37. The van der Waals surface area contributed by atoms with Crippen molar-refractivity contribution in [3.8, 4) is 5.75 Å². The molecule has 0 spiro atoms. The Balaban J connectivity index is 1.77. The summed E-state index contributed by atoms with van der Waals surface area (Å²) in [5.41, 5.74) is -0.737. The fraction of sp³-hybridized carbons (Fsp3) is 0.545. The van der Waals surface area contributed by atoms with Crippen LogP contribution in [-0.4, -0.2) is 58.9 Å². The number of methoxy groups -OCH3 is 1. The number of carbonyl (C=O) groups is 1. The fourth-order valence-corrected chi connectivity index (χ4v) is 5.29. The average Bonchev–Trinajstić information content (AvgIpc) is 2.97. The summed E-state index contributed by atoms with van der Waals surface area (Å²) in [6.07, 6.45) is 19.0. The minimum absolute atomic E-state index is 0.0118. The van der Waals surface area contributed by atoms with Crippen molar-refractivity contribution < 1.29 is 34.3 Å². The van der Waals surface area contributed by atoms with Gasteiger partial charge in [-0.15, -0.1) is 0 Å². The van der Waals surface area contributed by atoms with Gasteiger partial charge in [-0.1, -0.05) is 74.8 Å². The molecular weight excluding hydrogens is 508 g/mol. The molecule has 1 aliphatic carbocycles. The highest BCUT2D eigenvalue weighted by Crippen LogP contribution is 2.29. The molecule has 0 aromatic heterocycles. The number of aliphatic hydroxyl groups excluding tert-OH is 2. The van der Waals surface area contributed by atoms with Crippen molar-refractivity contribution >= 4 is 5.97 Å². The molecule has 2 aliphatic rings. The molecule has 0 unspecified atom stereocenters. The standard InChI is InChI=1S/C33H46O7/c1-3-27-15-18-32(36)40-30(27)19-20-33(37,21-22-34)31(39-24-26-13-16-29(38-2)17-14-26)23-28(35)12-8-7-11-25-9-5-4-6-10-25/h7-8,11-20,25,27-28,30-31,34-35,37H,3-6,9-10,21-24H2,1-2H3/b11-7-,12-8-,20-19+/t27-,28-,30-,31+,33-/m0/s1. The number of esters is 1. The second-order valence-electron chi connectivity index (χ2n) is 10.8. The quantitative estimate of drug-likeness (QED) is 0.155. The van der Waals surface area contributed by atoms with Crippen LogP contribution in [0.1, 0.15) is 63.9 Å². The molecule has 1 aliphatic heterocycles. The van der Waals surface area contributed by atoms with Crippen LogP contribution in [0.4, 0.5) is 0 Å². The zero-order chi connectivity index (χ0) is 28.8. The molecule has 3 N–H and O–H groups in total. The number of carbonyl (C=O) groups excluding carboxylic acids is 1. The molecule has 1 heterocycles. The van der Waals surface area contributed by atoms with Crippen molar-refractivity contribution in [3.63, 3.8) is 0 Å². The summed E-state index contributed by atoms with van der Waals surface area (Å²) >= 11 is 0. The van der Waals surface area contributed by atoms with Crippen molar-refractivity contribution in [3.05, 3.63) is 78.4 Å². The third kappa shape index (κ3) is 10.0. The molecular formula is C33H46O7. The van der Waals surface area contributed by atoms with Gasteiger partial charge in [0, 0.05) is 31.4 Å². The summed E-state index contributed by atoms with van der Waals surface area (Å²) < 4.78 is 16.9. The van der Waals surface area contributed by atoms with Crippen LogP contribution in [0, 0.1) is 11.8 Å². The van der Waals surface area contributed by atoms with Gasteiger partial charge >= 0.3 is 5.97 Å². The highest BCUT2D eigenvalue weighted by molar-refractivity contribution is 5.83. The predicted octanol–water partition coefficient (Wildman–Crippen LogP) is 5.20. The van der Waals surface area contributed by atoms with Gasteiger partial charge in [-0.2, -0.15) is 0 Å². The normalized spacial score (nSPS) is 23.5. The van der Waals surface area contributed by atoms with Crippen LogP contribution in [0.3, 0.4) is 0 Å². The first-order chi connectivity index (χ1) is 19.4. The number of aliphatic hydroxyl groups is 3. The SMILES string of the molecule is CC[C@H]1C=CC(=O)O[C@H]1/C=C/[C@](O)(CCO)[C@@H](C[C@@H](O)/C=C\C=C/C1CCCCC1)OCc1ccc(OC)cc1. The van der Waals surface area contributed by atoms with Gasteiger partial charge in [0.25, 0.3) is 0 Å². The molecule has 3 rings (SSSR count). The van der Waals surface area contributed by atoms with Crippen LogP contribution >= 0.6 is 0 Å². The molecule has 1 saturated carbocycles. The Labute approximate surface area is 238 Å². The highest BCUT2D eigenvalue weighted by atomic mass is 16.5. The number of hydrogen-bond acceptors (Lipinski definition) is 7. The lowest BCUT2D eigenvalue weighted by Crippen LogP contribution is -2.45. The summed E-state index contributed by atoms with van der Waals surface area (Å²) in [5, 5.41) is 32.5. The van der Waals surface area contributed by atoms with E-state index in [4.69, 9.17) is 14.2 Å². The first kappa shape index (κ1) is 31.8. The van der Waals surface area contributed by atoms with E-state index in [9.17, 15) is 20.1 Å². The summed E-state index contributed by atoms with van der Waals surface area (Å²) in [6.45, 7) is 1.90. The van der Waals surface area contributed by atoms with Crippen molar-refractivity contribution in [1.29, 1.82) is 0 Å². The van der Waals surface area contributed by atoms with Gasteiger partial charge in [-0.05, 0) is 49.0 Å². The zero-order valence-corrected chi connectivity index (χ0v) is 23.9. The Morgan fingerprint density at radius 1 is 1.12 bits per heavy atom. The predicted molar refractivity (Wildman–Crippen MR) is 156 cm³/mol. The van der Waals surface area contributed by atoms with Crippen LogP contribution in [-0.2, 0) is 20.9 Å². The second-order valence-corrected chi connectivity index (χ2v) is 10.8. The maximum absolute atomic E-state index is 11.9. The molecule has 1 aromatic carbocycles. The third-order valence-corrected chi connectivity index (χ3v) is 7.81. The molecule has 220 valence electrons. The third-order valence-electron chi connectivity index (χ3n) is 7.81. The van der Waals surface area contributed by atoms with E-state index in [0.29, 0.717) is 5.92 Å². The molecule has 40 heavy (non-hydrogen) atoms. The topological polar surface area (TPSA) is 105 Å². The van der Waals surface area contributed by atoms with E-state index in [1.165, 1.54) is 38.2 Å². The van der Waals surface area contributed by atoms with E-state index < -0.39 is 29.9 Å². The molecule has 0 radical (unpaired) electrons.